The van der Waals surface area contributed by atoms with Gasteiger partial charge < -0.3 is 10.5 Å². The smallest absolute Gasteiger partial charge is 0.270 e. The van der Waals surface area contributed by atoms with Gasteiger partial charge in [0, 0.05) is 43.0 Å². The highest BCUT2D eigenvalue weighted by Crippen LogP contribution is 2.30. The first-order valence-corrected chi connectivity index (χ1v) is 13.3. The van der Waals surface area contributed by atoms with Gasteiger partial charge in [0.2, 0.25) is 0 Å². The van der Waals surface area contributed by atoms with E-state index in [9.17, 15) is 4.79 Å². The molecule has 1 fully saturated rings. The number of aromatic amines is 1. The molecule has 202 valence electrons. The van der Waals surface area contributed by atoms with Crippen molar-refractivity contribution in [1.29, 1.82) is 0 Å². The standard InChI is InChI=1S/C28H31ClN8O2/c29-22-9-7-21(8-10-22)26(20-5-2-1-3-6-20)37-14-4-13-36(15-16-37)17-18-39-23-11-12-24(25(30)19-23)27(38)31-28-32-34-35-33-28/h1-3,5-12,19,26H,4,13-18,30H2,(H2,31,32,33,34,35,38). The molecule has 1 aliphatic heterocycles. The van der Waals surface area contributed by atoms with Crippen molar-refractivity contribution >= 4 is 29.1 Å². The monoisotopic (exact) mass is 546 g/mol. The van der Waals surface area contributed by atoms with Gasteiger partial charge in [-0.05, 0) is 53.6 Å². The van der Waals surface area contributed by atoms with Crippen LogP contribution >= 0.6 is 11.6 Å². The Kier molecular flexibility index (Phi) is 8.67. The van der Waals surface area contributed by atoms with Gasteiger partial charge in [0.15, 0.2) is 0 Å². The molecule has 0 radical (unpaired) electrons. The molecule has 1 aromatic heterocycles. The zero-order valence-electron chi connectivity index (χ0n) is 21.5. The predicted octanol–water partition coefficient (Wildman–Crippen LogP) is 3.86. The van der Waals surface area contributed by atoms with Crippen molar-refractivity contribution in [3.8, 4) is 5.75 Å². The van der Waals surface area contributed by atoms with Crippen LogP contribution in [0, 0.1) is 0 Å². The van der Waals surface area contributed by atoms with E-state index in [4.69, 9.17) is 22.1 Å². The minimum Gasteiger partial charge on any atom is -0.492 e. The second kappa shape index (κ2) is 12.7. The summed E-state index contributed by atoms with van der Waals surface area (Å²) in [6.45, 7) is 5.21. The van der Waals surface area contributed by atoms with E-state index in [0.29, 0.717) is 23.6 Å². The fourth-order valence-electron chi connectivity index (χ4n) is 4.88. The Morgan fingerprint density at radius 1 is 1.03 bits per heavy atom. The molecule has 0 aliphatic carbocycles. The Morgan fingerprint density at radius 3 is 2.56 bits per heavy atom. The number of carbonyl (C=O) groups is 1. The summed E-state index contributed by atoms with van der Waals surface area (Å²) in [6, 6.07) is 24.0. The van der Waals surface area contributed by atoms with Crippen molar-refractivity contribution in [2.24, 2.45) is 0 Å². The maximum absolute atomic E-state index is 12.4. The van der Waals surface area contributed by atoms with E-state index in [1.165, 1.54) is 11.1 Å². The number of nitrogen functional groups attached to an aromatic ring is 1. The Hall–Kier alpha value is -3.99. The Bertz CT molecular complexity index is 1350. The highest BCUT2D eigenvalue weighted by atomic mass is 35.5. The minimum atomic E-state index is -0.415. The third-order valence-corrected chi connectivity index (χ3v) is 7.06. The number of anilines is 2. The molecule has 1 aliphatic rings. The van der Waals surface area contributed by atoms with Crippen LogP contribution in [0.4, 0.5) is 11.6 Å². The Labute approximate surface area is 232 Å². The molecule has 0 spiro atoms. The zero-order valence-corrected chi connectivity index (χ0v) is 22.2. The van der Waals surface area contributed by atoms with Gasteiger partial charge in [-0.3, -0.25) is 19.9 Å². The number of nitrogens with one attached hydrogen (secondary N) is 2. The molecule has 4 N–H and O–H groups in total. The molecule has 0 bridgehead atoms. The fraction of sp³-hybridized carbons (Fsp3) is 0.286. The second-order valence-electron chi connectivity index (χ2n) is 9.38. The van der Waals surface area contributed by atoms with Crippen LogP contribution in [0.25, 0.3) is 0 Å². The number of ether oxygens (including phenoxy) is 1. The van der Waals surface area contributed by atoms with Gasteiger partial charge in [0.1, 0.15) is 12.4 Å². The second-order valence-corrected chi connectivity index (χ2v) is 9.82. The van der Waals surface area contributed by atoms with Crippen LogP contribution in [0.15, 0.2) is 72.8 Å². The average Bonchev–Trinajstić information content (AvgIpc) is 3.35. The molecular weight excluding hydrogens is 516 g/mol. The number of amides is 1. The molecule has 2 heterocycles. The largest absolute Gasteiger partial charge is 0.492 e. The van der Waals surface area contributed by atoms with E-state index in [1.54, 1.807) is 18.2 Å². The number of H-pyrrole nitrogens is 1. The first kappa shape index (κ1) is 26.6. The van der Waals surface area contributed by atoms with Crippen LogP contribution in [0.2, 0.25) is 5.02 Å². The maximum atomic E-state index is 12.4. The van der Waals surface area contributed by atoms with Crippen molar-refractivity contribution in [3.63, 3.8) is 0 Å². The van der Waals surface area contributed by atoms with Crippen molar-refractivity contribution < 1.29 is 9.53 Å². The van der Waals surface area contributed by atoms with Gasteiger partial charge >= 0.3 is 0 Å². The molecule has 39 heavy (non-hydrogen) atoms. The van der Waals surface area contributed by atoms with Crippen LogP contribution in [-0.4, -0.2) is 75.7 Å². The maximum Gasteiger partial charge on any atom is 0.270 e. The third-order valence-electron chi connectivity index (χ3n) is 6.80. The van der Waals surface area contributed by atoms with Crippen LogP contribution in [0.3, 0.4) is 0 Å². The molecule has 3 aromatic carbocycles. The van der Waals surface area contributed by atoms with Crippen LogP contribution in [-0.2, 0) is 0 Å². The summed E-state index contributed by atoms with van der Waals surface area (Å²) in [6.07, 6.45) is 1.06. The van der Waals surface area contributed by atoms with Gasteiger partial charge in [-0.2, -0.15) is 5.21 Å². The lowest BCUT2D eigenvalue weighted by Crippen LogP contribution is -2.35. The van der Waals surface area contributed by atoms with E-state index >= 15 is 0 Å². The quantitative estimate of drug-likeness (QED) is 0.270. The Morgan fingerprint density at radius 2 is 1.82 bits per heavy atom. The lowest BCUT2D eigenvalue weighted by Gasteiger charge is -2.31. The number of aromatic nitrogens is 4. The van der Waals surface area contributed by atoms with Gasteiger partial charge in [-0.1, -0.05) is 59.2 Å². The molecular formula is C28H31ClN8O2. The van der Waals surface area contributed by atoms with Gasteiger partial charge in [0.05, 0.1) is 11.6 Å². The van der Waals surface area contributed by atoms with E-state index in [1.807, 2.05) is 12.1 Å². The third kappa shape index (κ3) is 6.91. The molecule has 1 saturated heterocycles. The summed E-state index contributed by atoms with van der Waals surface area (Å²) in [7, 11) is 0. The highest BCUT2D eigenvalue weighted by Gasteiger charge is 2.25. The number of hydrogen-bond donors (Lipinski definition) is 3. The van der Waals surface area contributed by atoms with E-state index in [0.717, 1.165) is 44.2 Å². The zero-order chi connectivity index (χ0) is 27.0. The average molecular weight is 547 g/mol. The number of carbonyl (C=O) groups excluding carboxylic acids is 1. The number of rotatable bonds is 9. The predicted molar refractivity (Wildman–Crippen MR) is 151 cm³/mol. The summed E-state index contributed by atoms with van der Waals surface area (Å²) in [5, 5.41) is 16.4. The number of nitrogens with two attached hydrogens (primary N) is 1. The number of halogens is 1. The van der Waals surface area contributed by atoms with Crippen LogP contribution in [0.1, 0.15) is 33.9 Å². The van der Waals surface area contributed by atoms with E-state index in [2.05, 4.69) is 78.2 Å². The van der Waals surface area contributed by atoms with Gasteiger partial charge in [-0.25, -0.2) is 0 Å². The minimum absolute atomic E-state index is 0.0824. The van der Waals surface area contributed by atoms with Crippen LogP contribution < -0.4 is 15.8 Å². The molecule has 11 heteroatoms. The van der Waals surface area contributed by atoms with E-state index < -0.39 is 5.91 Å². The highest BCUT2D eigenvalue weighted by molar-refractivity contribution is 6.30. The summed E-state index contributed by atoms with van der Waals surface area (Å²) in [5.41, 5.74) is 9.26. The van der Waals surface area contributed by atoms with Gasteiger partial charge in [-0.15, -0.1) is 5.10 Å². The SMILES string of the molecule is Nc1cc(OCCN2CCCN(C(c3ccccc3)c3ccc(Cl)cc3)CC2)ccc1C(=O)Nc1nn[nH]n1. The molecule has 1 amide bonds. The number of hydrogen-bond acceptors (Lipinski definition) is 8. The summed E-state index contributed by atoms with van der Waals surface area (Å²) >= 11 is 6.18. The summed E-state index contributed by atoms with van der Waals surface area (Å²) in [4.78, 5) is 17.4. The lowest BCUT2D eigenvalue weighted by atomic mass is 9.97. The first-order chi connectivity index (χ1) is 19.1. The summed E-state index contributed by atoms with van der Waals surface area (Å²) < 4.78 is 5.98. The molecule has 4 aromatic rings. The van der Waals surface area contributed by atoms with Crippen molar-refractivity contribution in [1.82, 2.24) is 30.4 Å². The molecule has 0 saturated carbocycles. The molecule has 5 rings (SSSR count). The number of benzene rings is 3. The fourth-order valence-corrected chi connectivity index (χ4v) is 5.01. The number of nitrogens with zero attached hydrogens (tertiary/aromatic N) is 5. The lowest BCUT2D eigenvalue weighted by molar-refractivity contribution is 0.102. The van der Waals surface area contributed by atoms with Crippen molar-refractivity contribution in [2.75, 3.05) is 50.4 Å². The Balaban J connectivity index is 1.16. The summed E-state index contributed by atoms with van der Waals surface area (Å²) in [5.74, 6) is 0.285. The van der Waals surface area contributed by atoms with E-state index in [-0.39, 0.29) is 12.0 Å². The van der Waals surface area contributed by atoms with Crippen molar-refractivity contribution in [2.45, 2.75) is 12.5 Å². The molecule has 10 nitrogen and oxygen atoms in total. The molecule has 1 unspecified atom stereocenters. The normalized spacial score (nSPS) is 15.4. The first-order valence-electron chi connectivity index (χ1n) is 12.9. The van der Waals surface area contributed by atoms with Gasteiger partial charge in [0.25, 0.3) is 11.9 Å². The van der Waals surface area contributed by atoms with Crippen molar-refractivity contribution in [3.05, 3.63) is 94.5 Å². The number of tetrazole rings is 1. The van der Waals surface area contributed by atoms with Crippen LogP contribution in [0.5, 0.6) is 5.75 Å². The topological polar surface area (TPSA) is 125 Å². The molecule has 1 atom stereocenters.